The number of fused-ring (bicyclic) bond motifs is 1. The molecule has 39 heavy (non-hydrogen) atoms. The van der Waals surface area contributed by atoms with Crippen molar-refractivity contribution >= 4 is 36.2 Å². The number of esters is 1. The van der Waals surface area contributed by atoms with Crippen molar-refractivity contribution in [2.45, 2.75) is 105 Å². The van der Waals surface area contributed by atoms with Crippen molar-refractivity contribution < 1.29 is 23.5 Å². The van der Waals surface area contributed by atoms with Gasteiger partial charge in [-0.2, -0.15) is 0 Å². The summed E-state index contributed by atoms with van der Waals surface area (Å²) in [4.78, 5) is 25.4. The Balaban J connectivity index is 1.76. The fourth-order valence-corrected chi connectivity index (χ4v) is 5.94. The Labute approximate surface area is 231 Å². The minimum absolute atomic E-state index is 0.0975. The van der Waals surface area contributed by atoms with Gasteiger partial charge in [0.05, 0.1) is 24.7 Å². The van der Waals surface area contributed by atoms with Crippen molar-refractivity contribution in [1.82, 2.24) is 24.6 Å². The van der Waals surface area contributed by atoms with Crippen LogP contribution in [0, 0.1) is 11.8 Å². The Morgan fingerprint density at radius 3 is 2.44 bits per heavy atom. The van der Waals surface area contributed by atoms with Gasteiger partial charge in [-0.15, -0.1) is 0 Å². The minimum Gasteiger partial charge on any atom is -0.461 e. The summed E-state index contributed by atoms with van der Waals surface area (Å²) in [6.07, 6.45) is 6.31. The predicted molar refractivity (Wildman–Crippen MR) is 151 cm³/mol. The highest BCUT2D eigenvalue weighted by atomic mass is 31.2. The number of nitrogens with one attached hydrogen (secondary N) is 1. The molecule has 1 aliphatic carbocycles. The van der Waals surface area contributed by atoms with Crippen LogP contribution in [-0.4, -0.2) is 55.3 Å². The number of ether oxygens (including phenoxy) is 2. The van der Waals surface area contributed by atoms with E-state index in [4.69, 9.17) is 19.8 Å². The molecule has 0 saturated heterocycles. The van der Waals surface area contributed by atoms with Gasteiger partial charge in [-0.3, -0.25) is 9.36 Å². The standard InChI is InChI=1S/C26H44N7O5P/c1-17(2)11-20(12-18(3)4)31-38-39(35,32-26(6,7)25(34)37-21-9-8-10-21)16-36-19(5)13-33-15-30-22-23(27)28-14-29-24(22)33/h14-15,17-19,21H,8-13,16H2,1-7H3,(H,32,35)(H2,27,28,29). The van der Waals surface area contributed by atoms with Gasteiger partial charge in [-0.1, -0.05) is 32.9 Å². The van der Waals surface area contributed by atoms with Gasteiger partial charge in [-0.05, 0) is 64.7 Å². The lowest BCUT2D eigenvalue weighted by atomic mass is 9.96. The number of nitrogens with two attached hydrogens (primary N) is 1. The molecule has 13 heteroatoms. The Morgan fingerprint density at radius 2 is 1.85 bits per heavy atom. The molecular weight excluding hydrogens is 521 g/mol. The summed E-state index contributed by atoms with van der Waals surface area (Å²) in [6, 6.07) is 0. The van der Waals surface area contributed by atoms with E-state index in [1.165, 1.54) is 6.33 Å². The van der Waals surface area contributed by atoms with Crippen molar-refractivity contribution in [3.05, 3.63) is 12.7 Å². The average Bonchev–Trinajstić information content (AvgIpc) is 3.21. The molecule has 1 aliphatic rings. The van der Waals surface area contributed by atoms with Crippen molar-refractivity contribution in [3.8, 4) is 0 Å². The zero-order valence-corrected chi connectivity index (χ0v) is 25.1. The molecule has 0 spiro atoms. The highest BCUT2D eigenvalue weighted by Gasteiger charge is 2.41. The summed E-state index contributed by atoms with van der Waals surface area (Å²) >= 11 is 0. The summed E-state index contributed by atoms with van der Waals surface area (Å²) < 4.78 is 33.2. The van der Waals surface area contributed by atoms with Gasteiger partial charge in [0.15, 0.2) is 11.5 Å². The Hall–Kier alpha value is -2.56. The molecule has 3 rings (SSSR count). The van der Waals surface area contributed by atoms with E-state index in [1.807, 2.05) is 6.92 Å². The van der Waals surface area contributed by atoms with E-state index >= 15 is 0 Å². The second-order valence-electron chi connectivity index (χ2n) is 11.7. The number of hydrogen-bond donors (Lipinski definition) is 2. The van der Waals surface area contributed by atoms with Gasteiger partial charge in [0.2, 0.25) is 0 Å². The number of carbonyl (C=O) groups is 1. The number of rotatable bonds is 15. The van der Waals surface area contributed by atoms with E-state index in [1.54, 1.807) is 24.7 Å². The van der Waals surface area contributed by atoms with Crippen molar-refractivity contribution in [3.63, 3.8) is 0 Å². The average molecular weight is 566 g/mol. The van der Waals surface area contributed by atoms with Gasteiger partial charge in [0.25, 0.3) is 0 Å². The smallest absolute Gasteiger partial charge is 0.365 e. The maximum Gasteiger partial charge on any atom is 0.365 e. The highest BCUT2D eigenvalue weighted by molar-refractivity contribution is 7.56. The van der Waals surface area contributed by atoms with Gasteiger partial charge in [-0.25, -0.2) is 20.0 Å². The van der Waals surface area contributed by atoms with E-state index in [0.29, 0.717) is 48.2 Å². The Morgan fingerprint density at radius 1 is 1.18 bits per heavy atom. The third-order valence-electron chi connectivity index (χ3n) is 6.29. The zero-order chi connectivity index (χ0) is 28.8. The van der Waals surface area contributed by atoms with Crippen LogP contribution in [0.4, 0.5) is 5.82 Å². The molecule has 0 aromatic carbocycles. The maximum absolute atomic E-state index is 14.1. The summed E-state index contributed by atoms with van der Waals surface area (Å²) in [6.45, 7) is 13.8. The molecule has 3 N–H and O–H groups in total. The van der Waals surface area contributed by atoms with E-state index in [-0.39, 0.29) is 12.5 Å². The molecule has 2 atom stereocenters. The van der Waals surface area contributed by atoms with Crippen LogP contribution in [0.1, 0.15) is 80.6 Å². The predicted octanol–water partition coefficient (Wildman–Crippen LogP) is 4.89. The second-order valence-corrected chi connectivity index (χ2v) is 13.7. The van der Waals surface area contributed by atoms with Crippen LogP contribution in [0.2, 0.25) is 0 Å². The highest BCUT2D eigenvalue weighted by Crippen LogP contribution is 2.46. The van der Waals surface area contributed by atoms with Crippen molar-refractivity contribution in [1.29, 1.82) is 0 Å². The lowest BCUT2D eigenvalue weighted by Gasteiger charge is -2.33. The number of aromatic nitrogens is 4. The molecule has 2 heterocycles. The number of anilines is 1. The monoisotopic (exact) mass is 565 g/mol. The second kappa shape index (κ2) is 13.2. The number of carbonyl (C=O) groups excluding carboxylic acids is 1. The maximum atomic E-state index is 14.1. The third-order valence-corrected chi connectivity index (χ3v) is 8.02. The van der Waals surface area contributed by atoms with Crippen LogP contribution in [0.3, 0.4) is 0 Å². The topological polar surface area (TPSA) is 156 Å². The van der Waals surface area contributed by atoms with Crippen LogP contribution in [0.5, 0.6) is 0 Å². The van der Waals surface area contributed by atoms with E-state index in [2.05, 4.69) is 52.9 Å². The first-order valence-corrected chi connectivity index (χ1v) is 15.5. The lowest BCUT2D eigenvalue weighted by molar-refractivity contribution is -0.159. The molecular formula is C26H44N7O5P. The SMILES string of the molecule is CC(C)CC(CC(C)C)=NOP(=O)(COC(C)Cn1cnc2c(N)ncnc21)NC(C)(C)C(=O)OC1CCC1. The number of imidazole rings is 1. The van der Waals surface area contributed by atoms with Crippen LogP contribution in [-0.2, 0) is 30.0 Å². The number of hydrogen-bond acceptors (Lipinski definition) is 10. The van der Waals surface area contributed by atoms with E-state index in [0.717, 1.165) is 25.0 Å². The molecule has 0 bridgehead atoms. The van der Waals surface area contributed by atoms with Crippen LogP contribution >= 0.6 is 7.52 Å². The van der Waals surface area contributed by atoms with Gasteiger partial charge in [0, 0.05) is 0 Å². The summed E-state index contributed by atoms with van der Waals surface area (Å²) in [5.41, 5.74) is 6.50. The molecule has 1 fully saturated rings. The third kappa shape index (κ3) is 8.98. The number of oxime groups is 1. The molecule has 2 aromatic heterocycles. The first-order chi connectivity index (χ1) is 18.3. The van der Waals surface area contributed by atoms with Crippen molar-refractivity contribution in [2.75, 3.05) is 12.1 Å². The summed E-state index contributed by atoms with van der Waals surface area (Å²) in [7, 11) is -3.80. The molecule has 0 radical (unpaired) electrons. The molecule has 2 aromatic rings. The van der Waals surface area contributed by atoms with Gasteiger partial charge < -0.3 is 24.4 Å². The summed E-state index contributed by atoms with van der Waals surface area (Å²) in [5, 5.41) is 7.23. The quantitative estimate of drug-likeness (QED) is 0.132. The van der Waals surface area contributed by atoms with Gasteiger partial charge >= 0.3 is 13.5 Å². The van der Waals surface area contributed by atoms with Crippen LogP contribution in [0.15, 0.2) is 17.8 Å². The first kappa shape index (κ1) is 31.0. The first-order valence-electron chi connectivity index (χ1n) is 13.6. The fourth-order valence-electron chi connectivity index (χ4n) is 4.15. The molecule has 218 valence electrons. The van der Waals surface area contributed by atoms with Gasteiger partial charge in [0.1, 0.15) is 29.8 Å². The summed E-state index contributed by atoms with van der Waals surface area (Å²) in [5.74, 6) is 0.514. The lowest BCUT2D eigenvalue weighted by Crippen LogP contribution is -2.48. The fraction of sp³-hybridized carbons (Fsp3) is 0.731. The number of nitrogens with zero attached hydrogens (tertiary/aromatic N) is 5. The normalized spacial score (nSPS) is 16.6. The molecule has 0 amide bonds. The molecule has 1 saturated carbocycles. The van der Waals surface area contributed by atoms with Crippen LogP contribution < -0.4 is 10.8 Å². The Bertz CT molecular complexity index is 1180. The van der Waals surface area contributed by atoms with E-state index < -0.39 is 25.1 Å². The number of nitrogen functional groups attached to an aromatic ring is 1. The minimum atomic E-state index is -3.80. The molecule has 2 unspecified atom stereocenters. The van der Waals surface area contributed by atoms with Crippen LogP contribution in [0.25, 0.3) is 11.2 Å². The zero-order valence-electron chi connectivity index (χ0n) is 24.2. The van der Waals surface area contributed by atoms with Crippen molar-refractivity contribution in [2.24, 2.45) is 17.0 Å². The van der Waals surface area contributed by atoms with E-state index in [9.17, 15) is 9.36 Å². The molecule has 0 aliphatic heterocycles. The molecule has 12 nitrogen and oxygen atoms in total. The Kier molecular flexibility index (Phi) is 10.5. The largest absolute Gasteiger partial charge is 0.461 e.